The summed E-state index contributed by atoms with van der Waals surface area (Å²) in [7, 11) is 0. The molecule has 1 aromatic carbocycles. The van der Waals surface area contributed by atoms with Crippen LogP contribution < -0.4 is 4.74 Å². The first-order valence-electron chi connectivity index (χ1n) is 7.66. The molecule has 0 N–H and O–H groups in total. The van der Waals surface area contributed by atoms with Crippen LogP contribution in [-0.2, 0) is 9.53 Å². The second-order valence-corrected chi connectivity index (χ2v) is 7.76. The number of fused-ring (bicyclic) bond motifs is 1. The highest BCUT2D eigenvalue weighted by atomic mass is 79.9. The van der Waals surface area contributed by atoms with Crippen molar-refractivity contribution in [2.24, 2.45) is 5.41 Å². The van der Waals surface area contributed by atoms with Crippen molar-refractivity contribution in [2.45, 2.75) is 47.6 Å². The number of rotatable bonds is 3. The van der Waals surface area contributed by atoms with E-state index in [1.807, 2.05) is 0 Å². The van der Waals surface area contributed by atoms with E-state index in [1.54, 1.807) is 53.7 Å². The molecule has 0 aliphatic rings. The molecule has 0 unspecified atom stereocenters. The molecule has 130 valence electrons. The number of furan rings is 1. The van der Waals surface area contributed by atoms with E-state index in [9.17, 15) is 9.59 Å². The molecule has 5 nitrogen and oxygen atoms in total. The summed E-state index contributed by atoms with van der Waals surface area (Å²) in [6.07, 6.45) is -0.240. The number of carbonyl (C=O) groups is 2. The maximum Gasteiger partial charge on any atom is 0.342 e. The molecule has 2 rings (SSSR count). The first kappa shape index (κ1) is 18.5. The molecule has 1 heterocycles. The Morgan fingerprint density at radius 2 is 1.83 bits per heavy atom. The zero-order valence-corrected chi connectivity index (χ0v) is 16.2. The molecule has 0 saturated heterocycles. The van der Waals surface area contributed by atoms with Crippen LogP contribution in [0.1, 0.15) is 50.7 Å². The van der Waals surface area contributed by atoms with Crippen LogP contribution in [0.4, 0.5) is 0 Å². The van der Waals surface area contributed by atoms with Crippen LogP contribution in [0, 0.1) is 12.3 Å². The van der Waals surface area contributed by atoms with E-state index in [0.29, 0.717) is 32.5 Å². The Balaban J connectivity index is 2.51. The van der Waals surface area contributed by atoms with Gasteiger partial charge in [0.1, 0.15) is 22.7 Å². The highest BCUT2D eigenvalue weighted by molar-refractivity contribution is 9.10. The largest absolute Gasteiger partial charge is 0.460 e. The van der Waals surface area contributed by atoms with Crippen LogP contribution in [0.2, 0.25) is 0 Å². The molecule has 0 atom stereocenters. The lowest BCUT2D eigenvalue weighted by atomic mass is 9.97. The van der Waals surface area contributed by atoms with Gasteiger partial charge < -0.3 is 13.9 Å². The molecule has 0 aliphatic heterocycles. The fourth-order valence-electron chi connectivity index (χ4n) is 2.08. The minimum absolute atomic E-state index is 0.240. The Morgan fingerprint density at radius 3 is 2.38 bits per heavy atom. The maximum atomic E-state index is 12.3. The third kappa shape index (κ3) is 3.80. The number of carbonyl (C=O) groups excluding carboxylic acids is 2. The summed E-state index contributed by atoms with van der Waals surface area (Å²) in [5.74, 6) is -0.0329. The summed E-state index contributed by atoms with van der Waals surface area (Å²) in [5.41, 5.74) is 0.227. The van der Waals surface area contributed by atoms with Crippen molar-refractivity contribution in [3.63, 3.8) is 0 Å². The van der Waals surface area contributed by atoms with Gasteiger partial charge in [0.05, 0.1) is 16.0 Å². The zero-order chi connectivity index (χ0) is 18.2. The molecule has 6 heteroatoms. The zero-order valence-electron chi connectivity index (χ0n) is 14.7. The standard InChI is InChI=1S/C18H21BrO5/c1-9(2)22-16(20)15-10(3)23-13-8-12(19)14(7-11(13)15)24-17(21)18(4,5)6/h7-9H,1-6H3. The first-order valence-corrected chi connectivity index (χ1v) is 8.46. The van der Waals surface area contributed by atoms with E-state index in [0.717, 1.165) is 0 Å². The molecule has 0 spiro atoms. The minimum Gasteiger partial charge on any atom is -0.460 e. The molecule has 0 radical (unpaired) electrons. The first-order chi connectivity index (χ1) is 11.0. The second-order valence-electron chi connectivity index (χ2n) is 6.91. The predicted molar refractivity (Wildman–Crippen MR) is 94.3 cm³/mol. The molecule has 0 saturated carbocycles. The van der Waals surface area contributed by atoms with Crippen molar-refractivity contribution in [1.29, 1.82) is 0 Å². The van der Waals surface area contributed by atoms with Crippen LogP contribution in [0.3, 0.4) is 0 Å². The summed E-state index contributed by atoms with van der Waals surface area (Å²) in [6, 6.07) is 3.30. The molecule has 0 fully saturated rings. The number of ether oxygens (including phenoxy) is 2. The molecular formula is C18H21BrO5. The molecule has 2 aromatic rings. The summed E-state index contributed by atoms with van der Waals surface area (Å²) >= 11 is 3.37. The Morgan fingerprint density at radius 1 is 1.21 bits per heavy atom. The van der Waals surface area contributed by atoms with Crippen LogP contribution in [-0.4, -0.2) is 18.0 Å². The Hall–Kier alpha value is -1.82. The van der Waals surface area contributed by atoms with Crippen LogP contribution in [0.5, 0.6) is 5.75 Å². The summed E-state index contributed by atoms with van der Waals surface area (Å²) < 4.78 is 16.9. The van der Waals surface area contributed by atoms with Crippen LogP contribution in [0.25, 0.3) is 11.0 Å². The van der Waals surface area contributed by atoms with Gasteiger partial charge >= 0.3 is 11.9 Å². The lowest BCUT2D eigenvalue weighted by Crippen LogP contribution is -2.25. The van der Waals surface area contributed by atoms with Gasteiger partial charge in [0.25, 0.3) is 0 Å². The Kier molecular flexibility index (Phi) is 5.08. The van der Waals surface area contributed by atoms with E-state index in [1.165, 1.54) is 0 Å². The van der Waals surface area contributed by atoms with Crippen molar-refractivity contribution < 1.29 is 23.5 Å². The quantitative estimate of drug-likeness (QED) is 0.538. The number of hydrogen-bond donors (Lipinski definition) is 0. The lowest BCUT2D eigenvalue weighted by molar-refractivity contribution is -0.143. The van der Waals surface area contributed by atoms with Gasteiger partial charge in [-0.2, -0.15) is 0 Å². The summed E-state index contributed by atoms with van der Waals surface area (Å²) in [6.45, 7) is 10.6. The van der Waals surface area contributed by atoms with Gasteiger partial charge in [-0.05, 0) is 69.6 Å². The van der Waals surface area contributed by atoms with Crippen molar-refractivity contribution in [2.75, 3.05) is 0 Å². The monoisotopic (exact) mass is 396 g/mol. The molecule has 0 amide bonds. The van der Waals surface area contributed by atoms with Crippen LogP contribution >= 0.6 is 15.9 Å². The van der Waals surface area contributed by atoms with Gasteiger partial charge in [-0.25, -0.2) is 4.79 Å². The number of aryl methyl sites for hydroxylation is 1. The fourth-order valence-corrected chi connectivity index (χ4v) is 2.48. The van der Waals surface area contributed by atoms with Gasteiger partial charge in [0.2, 0.25) is 0 Å². The van der Waals surface area contributed by atoms with Gasteiger partial charge in [-0.15, -0.1) is 0 Å². The SMILES string of the molecule is Cc1oc2cc(Br)c(OC(=O)C(C)(C)C)cc2c1C(=O)OC(C)C. The van der Waals surface area contributed by atoms with Crippen molar-refractivity contribution >= 4 is 38.8 Å². The van der Waals surface area contributed by atoms with Crippen molar-refractivity contribution in [1.82, 2.24) is 0 Å². The highest BCUT2D eigenvalue weighted by Crippen LogP contribution is 2.36. The lowest BCUT2D eigenvalue weighted by Gasteiger charge is -2.17. The third-order valence-corrected chi connectivity index (χ3v) is 3.90. The van der Waals surface area contributed by atoms with Gasteiger partial charge in [0.15, 0.2) is 0 Å². The van der Waals surface area contributed by atoms with Gasteiger partial charge in [-0.1, -0.05) is 0 Å². The average molecular weight is 397 g/mol. The minimum atomic E-state index is -0.639. The van der Waals surface area contributed by atoms with E-state index in [-0.39, 0.29) is 12.1 Å². The van der Waals surface area contributed by atoms with E-state index in [4.69, 9.17) is 13.9 Å². The normalized spacial score (nSPS) is 11.8. The summed E-state index contributed by atoms with van der Waals surface area (Å²) in [5, 5.41) is 0.554. The maximum absolute atomic E-state index is 12.3. The smallest absolute Gasteiger partial charge is 0.342 e. The third-order valence-electron chi connectivity index (χ3n) is 3.28. The van der Waals surface area contributed by atoms with Crippen molar-refractivity contribution in [3.05, 3.63) is 27.9 Å². The fraction of sp³-hybridized carbons (Fsp3) is 0.444. The van der Waals surface area contributed by atoms with E-state index in [2.05, 4.69) is 15.9 Å². The number of esters is 2. The van der Waals surface area contributed by atoms with Crippen molar-refractivity contribution in [3.8, 4) is 5.75 Å². The Labute approximate surface area is 149 Å². The molecule has 0 aliphatic carbocycles. The predicted octanol–water partition coefficient (Wildman–Crippen LogP) is 5.02. The Bertz CT molecular complexity index is 796. The number of halogens is 1. The molecule has 24 heavy (non-hydrogen) atoms. The van der Waals surface area contributed by atoms with E-state index >= 15 is 0 Å². The van der Waals surface area contributed by atoms with Gasteiger partial charge in [-0.3, -0.25) is 4.79 Å². The average Bonchev–Trinajstić information content (AvgIpc) is 2.72. The van der Waals surface area contributed by atoms with Crippen LogP contribution in [0.15, 0.2) is 21.0 Å². The van der Waals surface area contributed by atoms with Gasteiger partial charge in [0, 0.05) is 5.39 Å². The molecule has 0 bridgehead atoms. The summed E-state index contributed by atoms with van der Waals surface area (Å²) in [4.78, 5) is 24.5. The highest BCUT2D eigenvalue weighted by Gasteiger charge is 2.26. The number of benzene rings is 1. The topological polar surface area (TPSA) is 65.7 Å². The van der Waals surface area contributed by atoms with E-state index < -0.39 is 11.4 Å². The second kappa shape index (κ2) is 6.59. The number of hydrogen-bond acceptors (Lipinski definition) is 5. The molecule has 1 aromatic heterocycles. The molecular weight excluding hydrogens is 376 g/mol.